The van der Waals surface area contributed by atoms with E-state index in [1.165, 1.54) is 108 Å². The van der Waals surface area contributed by atoms with Gasteiger partial charge in [-0.05, 0) is 78.7 Å². The quantitative estimate of drug-likeness (QED) is 0.0331. The van der Waals surface area contributed by atoms with Crippen LogP contribution in [0, 0.1) is 0 Å². The van der Waals surface area contributed by atoms with Crippen molar-refractivity contribution in [1.29, 1.82) is 0 Å². The van der Waals surface area contributed by atoms with E-state index < -0.39 is 5.97 Å². The second-order valence-electron chi connectivity index (χ2n) is 11.7. The summed E-state index contributed by atoms with van der Waals surface area (Å²) in [5.41, 5.74) is 1.37. The molecule has 0 N–H and O–H groups in total. The van der Waals surface area contributed by atoms with Gasteiger partial charge in [-0.1, -0.05) is 115 Å². The summed E-state index contributed by atoms with van der Waals surface area (Å²) in [5.74, 6) is 1.16. The molecule has 5 nitrogen and oxygen atoms in total. The van der Waals surface area contributed by atoms with Crippen LogP contribution in [0.15, 0.2) is 83.5 Å². The zero-order valence-corrected chi connectivity index (χ0v) is 27.2. The molecular formula is C40H52O5. The van der Waals surface area contributed by atoms with E-state index in [-0.39, 0.29) is 5.78 Å². The Bertz CT molecular complexity index is 1250. The molecular weight excluding hydrogens is 560 g/mol. The third kappa shape index (κ3) is 16.1. The number of esters is 1. The summed E-state index contributed by atoms with van der Waals surface area (Å²) in [6, 6.07) is 17.7. The van der Waals surface area contributed by atoms with Crippen LogP contribution in [0.2, 0.25) is 0 Å². The zero-order valence-electron chi connectivity index (χ0n) is 27.2. The lowest BCUT2D eigenvalue weighted by Gasteiger charge is -2.07. The van der Waals surface area contributed by atoms with Gasteiger partial charge in [-0.15, -0.1) is 0 Å². The largest absolute Gasteiger partial charge is 0.494 e. The summed E-state index contributed by atoms with van der Waals surface area (Å²) < 4.78 is 16.4. The number of rotatable bonds is 24. The maximum atomic E-state index is 12.3. The molecule has 0 spiro atoms. The van der Waals surface area contributed by atoms with E-state index in [0.29, 0.717) is 17.1 Å². The summed E-state index contributed by atoms with van der Waals surface area (Å²) in [4.78, 5) is 24.6. The van der Waals surface area contributed by atoms with E-state index in [1.54, 1.807) is 54.8 Å². The van der Waals surface area contributed by atoms with Crippen molar-refractivity contribution >= 4 is 23.9 Å². The van der Waals surface area contributed by atoms with Gasteiger partial charge in [0.25, 0.3) is 0 Å². The maximum Gasteiger partial charge on any atom is 0.336 e. The molecule has 0 aliphatic heterocycles. The van der Waals surface area contributed by atoms with Gasteiger partial charge in [-0.2, -0.15) is 0 Å². The zero-order chi connectivity index (χ0) is 31.8. The van der Waals surface area contributed by atoms with Crippen LogP contribution in [-0.2, 0) is 4.79 Å². The Morgan fingerprint density at radius 2 is 1.18 bits per heavy atom. The van der Waals surface area contributed by atoms with Gasteiger partial charge in [0.2, 0.25) is 0 Å². The van der Waals surface area contributed by atoms with E-state index in [4.69, 9.17) is 13.9 Å². The van der Waals surface area contributed by atoms with Crippen LogP contribution in [-0.4, -0.2) is 18.4 Å². The first-order chi connectivity index (χ1) is 22.1. The number of hydrogen-bond donors (Lipinski definition) is 0. The molecule has 0 atom stereocenters. The highest BCUT2D eigenvalue weighted by Gasteiger charge is 2.05. The van der Waals surface area contributed by atoms with Crippen molar-refractivity contribution < 1.29 is 23.5 Å². The van der Waals surface area contributed by atoms with Crippen LogP contribution in [0.4, 0.5) is 0 Å². The standard InChI is InChI=1S/C40H52O5/c1-2-3-4-5-6-7-8-9-10-11-12-13-14-15-16-17-32-43-37-25-20-34(21-26-37)22-31-40(42)45-38-27-23-35(24-28-38)39(41)30-29-36-19-18-33-44-36/h18-31,33H,2-17,32H2,1H3/b30-29+,31-22+. The highest BCUT2D eigenvalue weighted by Crippen LogP contribution is 2.17. The number of benzene rings is 2. The predicted molar refractivity (Wildman–Crippen MR) is 185 cm³/mol. The van der Waals surface area contributed by atoms with Gasteiger partial charge in [-0.25, -0.2) is 4.79 Å². The molecule has 0 saturated heterocycles. The summed E-state index contributed by atoms with van der Waals surface area (Å²) in [5, 5.41) is 0. The number of ether oxygens (including phenoxy) is 2. The number of carbonyl (C=O) groups excluding carboxylic acids is 2. The molecule has 3 aromatic rings. The van der Waals surface area contributed by atoms with Crippen LogP contribution in [0.25, 0.3) is 12.2 Å². The van der Waals surface area contributed by atoms with Crippen molar-refractivity contribution in [2.24, 2.45) is 0 Å². The van der Waals surface area contributed by atoms with Crippen LogP contribution >= 0.6 is 0 Å². The Labute approximate surface area is 270 Å². The molecule has 1 aromatic heterocycles. The normalized spacial score (nSPS) is 11.4. The van der Waals surface area contributed by atoms with E-state index in [0.717, 1.165) is 24.3 Å². The van der Waals surface area contributed by atoms with Gasteiger partial charge in [0.15, 0.2) is 5.78 Å². The minimum Gasteiger partial charge on any atom is -0.494 e. The number of furan rings is 1. The smallest absolute Gasteiger partial charge is 0.336 e. The number of allylic oxidation sites excluding steroid dienone is 1. The van der Waals surface area contributed by atoms with Crippen molar-refractivity contribution in [2.45, 2.75) is 110 Å². The number of unbranched alkanes of at least 4 members (excludes halogenated alkanes) is 15. The molecule has 0 fully saturated rings. The monoisotopic (exact) mass is 612 g/mol. The molecule has 0 unspecified atom stereocenters. The van der Waals surface area contributed by atoms with Gasteiger partial charge in [0.05, 0.1) is 12.9 Å². The molecule has 0 amide bonds. The molecule has 1 heterocycles. The first-order valence-electron chi connectivity index (χ1n) is 17.1. The lowest BCUT2D eigenvalue weighted by Crippen LogP contribution is -2.04. The fraction of sp³-hybridized carbons (Fsp3) is 0.450. The Morgan fingerprint density at radius 3 is 1.73 bits per heavy atom. The summed E-state index contributed by atoms with van der Waals surface area (Å²) in [6.45, 7) is 3.01. The highest BCUT2D eigenvalue weighted by molar-refractivity contribution is 6.06. The second-order valence-corrected chi connectivity index (χ2v) is 11.7. The summed E-state index contributed by atoms with van der Waals surface area (Å²) >= 11 is 0. The average Bonchev–Trinajstić information content (AvgIpc) is 3.59. The molecule has 2 aromatic carbocycles. The van der Waals surface area contributed by atoms with Crippen molar-refractivity contribution in [2.75, 3.05) is 6.61 Å². The molecule has 0 saturated carbocycles. The van der Waals surface area contributed by atoms with Crippen molar-refractivity contribution in [3.63, 3.8) is 0 Å². The topological polar surface area (TPSA) is 65.7 Å². The molecule has 3 rings (SSSR count). The van der Waals surface area contributed by atoms with Crippen molar-refractivity contribution in [3.8, 4) is 11.5 Å². The molecule has 0 aliphatic rings. The Kier molecular flexibility index (Phi) is 17.9. The maximum absolute atomic E-state index is 12.3. The third-order valence-electron chi connectivity index (χ3n) is 7.86. The Hall–Kier alpha value is -3.86. The van der Waals surface area contributed by atoms with E-state index >= 15 is 0 Å². The van der Waals surface area contributed by atoms with Gasteiger partial charge < -0.3 is 13.9 Å². The van der Waals surface area contributed by atoms with Crippen LogP contribution in [0.5, 0.6) is 11.5 Å². The molecule has 0 bridgehead atoms. The molecule has 0 radical (unpaired) electrons. The van der Waals surface area contributed by atoms with E-state index in [2.05, 4.69) is 6.92 Å². The second kappa shape index (κ2) is 22.6. The number of carbonyl (C=O) groups is 2. The SMILES string of the molecule is CCCCCCCCCCCCCCCCCCOc1ccc(/C=C/C(=O)Oc2ccc(C(=O)/C=C/c3ccco3)cc2)cc1. The summed E-state index contributed by atoms with van der Waals surface area (Å²) in [7, 11) is 0. The Morgan fingerprint density at radius 1 is 0.622 bits per heavy atom. The van der Waals surface area contributed by atoms with Crippen molar-refractivity contribution in [1.82, 2.24) is 0 Å². The molecule has 45 heavy (non-hydrogen) atoms. The molecule has 5 heteroatoms. The number of ketones is 1. The van der Waals surface area contributed by atoms with Gasteiger partial charge >= 0.3 is 5.97 Å². The van der Waals surface area contributed by atoms with Crippen LogP contribution in [0.1, 0.15) is 131 Å². The lowest BCUT2D eigenvalue weighted by atomic mass is 10.0. The van der Waals surface area contributed by atoms with Gasteiger partial charge in [0.1, 0.15) is 17.3 Å². The molecule has 0 aliphatic carbocycles. The lowest BCUT2D eigenvalue weighted by molar-refractivity contribution is -0.128. The minimum absolute atomic E-state index is 0.165. The highest BCUT2D eigenvalue weighted by atomic mass is 16.5. The van der Waals surface area contributed by atoms with Crippen LogP contribution < -0.4 is 9.47 Å². The molecule has 242 valence electrons. The third-order valence-corrected chi connectivity index (χ3v) is 7.86. The average molecular weight is 613 g/mol. The van der Waals surface area contributed by atoms with E-state index in [1.807, 2.05) is 24.3 Å². The minimum atomic E-state index is -0.490. The van der Waals surface area contributed by atoms with Crippen LogP contribution in [0.3, 0.4) is 0 Å². The van der Waals surface area contributed by atoms with E-state index in [9.17, 15) is 9.59 Å². The number of hydrogen-bond acceptors (Lipinski definition) is 5. The Balaban J connectivity index is 1.19. The fourth-order valence-corrected chi connectivity index (χ4v) is 5.16. The fourth-order valence-electron chi connectivity index (χ4n) is 5.16. The van der Waals surface area contributed by atoms with Gasteiger partial charge in [0, 0.05) is 11.6 Å². The first-order valence-corrected chi connectivity index (χ1v) is 17.1. The van der Waals surface area contributed by atoms with Gasteiger partial charge in [-0.3, -0.25) is 4.79 Å². The first kappa shape index (κ1) is 35.6. The predicted octanol–water partition coefficient (Wildman–Crippen LogP) is 11.4. The van der Waals surface area contributed by atoms with Crippen molar-refractivity contribution in [3.05, 3.63) is 96.0 Å². The summed E-state index contributed by atoms with van der Waals surface area (Å²) in [6.07, 6.45) is 29.5.